The van der Waals surface area contributed by atoms with Gasteiger partial charge in [-0.3, -0.25) is 0 Å². The SMILES string of the molecule is CCCCC(CCC)Cc1cccn1-c1ccc2[nH]c(-c3cc(C)cc(C)c3)c(CCN(Cc3ccccc3)C(=O)OC(C)(C)C)c2c1. The molecule has 0 radical (unpaired) electrons. The van der Waals surface area contributed by atoms with Crippen molar-refractivity contribution in [2.24, 2.45) is 5.92 Å². The minimum absolute atomic E-state index is 0.290. The molecule has 0 spiro atoms. The van der Waals surface area contributed by atoms with Gasteiger partial charge in [-0.05, 0) is 113 Å². The molecule has 2 heterocycles. The molecule has 48 heavy (non-hydrogen) atoms. The molecular formula is C43H55N3O2. The number of amides is 1. The standard InChI is InChI=1S/C43H55N3O2/c1-8-10-16-33(15-9-2)28-36-19-14-23-46(36)37-20-21-40-39(29-37)38(41(44-40)35-26-31(3)25-32(4)27-35)22-24-45(42(47)48-43(5,6)7)30-34-17-12-11-13-18-34/h11-14,17-21,23,25-27,29,33,44H,8-10,15-16,22,24,28,30H2,1-7H3. The summed E-state index contributed by atoms with van der Waals surface area (Å²) in [6, 6.07) is 28.2. The Morgan fingerprint density at radius 2 is 1.65 bits per heavy atom. The number of aromatic amines is 1. The summed E-state index contributed by atoms with van der Waals surface area (Å²) in [6.07, 6.45) is 10.0. The van der Waals surface area contributed by atoms with E-state index in [0.717, 1.165) is 23.2 Å². The van der Waals surface area contributed by atoms with Gasteiger partial charge in [0.1, 0.15) is 5.60 Å². The van der Waals surface area contributed by atoms with E-state index in [4.69, 9.17) is 4.74 Å². The summed E-state index contributed by atoms with van der Waals surface area (Å²) in [5, 5.41) is 1.20. The summed E-state index contributed by atoms with van der Waals surface area (Å²) >= 11 is 0. The van der Waals surface area contributed by atoms with Crippen LogP contribution in [0.3, 0.4) is 0 Å². The lowest BCUT2D eigenvalue weighted by atomic mass is 9.92. The van der Waals surface area contributed by atoms with Gasteiger partial charge in [-0.15, -0.1) is 0 Å². The van der Waals surface area contributed by atoms with Crippen LogP contribution in [-0.2, 0) is 24.1 Å². The average Bonchev–Trinajstić information content (AvgIpc) is 3.65. The third-order valence-electron chi connectivity index (χ3n) is 9.17. The van der Waals surface area contributed by atoms with Crippen LogP contribution >= 0.6 is 0 Å². The van der Waals surface area contributed by atoms with Crippen LogP contribution in [0.2, 0.25) is 0 Å². The second-order valence-electron chi connectivity index (χ2n) is 14.6. The Kier molecular flexibility index (Phi) is 11.5. The molecule has 3 aromatic carbocycles. The van der Waals surface area contributed by atoms with Crippen molar-refractivity contribution in [1.29, 1.82) is 0 Å². The minimum atomic E-state index is -0.576. The first-order valence-corrected chi connectivity index (χ1v) is 18.0. The lowest BCUT2D eigenvalue weighted by Gasteiger charge is -2.27. The third-order valence-corrected chi connectivity index (χ3v) is 9.17. The number of unbranched alkanes of at least 4 members (excludes halogenated alkanes) is 1. The van der Waals surface area contributed by atoms with Gasteiger partial charge in [0, 0.05) is 47.3 Å². The first-order valence-electron chi connectivity index (χ1n) is 18.0. The monoisotopic (exact) mass is 645 g/mol. The van der Waals surface area contributed by atoms with E-state index in [0.29, 0.717) is 25.4 Å². The lowest BCUT2D eigenvalue weighted by Crippen LogP contribution is -2.37. The highest BCUT2D eigenvalue weighted by molar-refractivity contribution is 5.92. The van der Waals surface area contributed by atoms with Crippen LogP contribution < -0.4 is 0 Å². The van der Waals surface area contributed by atoms with Crippen LogP contribution in [0.4, 0.5) is 4.79 Å². The maximum Gasteiger partial charge on any atom is 0.410 e. The highest BCUT2D eigenvalue weighted by atomic mass is 16.6. The van der Waals surface area contributed by atoms with Gasteiger partial charge in [0.25, 0.3) is 0 Å². The first kappa shape index (κ1) is 35.1. The van der Waals surface area contributed by atoms with Gasteiger partial charge in [-0.25, -0.2) is 4.79 Å². The zero-order valence-electron chi connectivity index (χ0n) is 30.2. The van der Waals surface area contributed by atoms with E-state index in [1.54, 1.807) is 0 Å². The Bertz CT molecular complexity index is 1770. The van der Waals surface area contributed by atoms with Gasteiger partial charge in [0.05, 0.1) is 0 Å². The Labute approximate surface area is 288 Å². The van der Waals surface area contributed by atoms with Gasteiger partial charge < -0.3 is 19.2 Å². The van der Waals surface area contributed by atoms with Crippen molar-refractivity contribution in [3.8, 4) is 16.9 Å². The number of rotatable bonds is 14. The van der Waals surface area contributed by atoms with Crippen molar-refractivity contribution in [2.45, 2.75) is 106 Å². The van der Waals surface area contributed by atoms with Crippen LogP contribution in [0.1, 0.15) is 94.7 Å². The number of nitrogens with one attached hydrogen (secondary N) is 1. The number of hydrogen-bond acceptors (Lipinski definition) is 2. The van der Waals surface area contributed by atoms with Crippen LogP contribution in [0.25, 0.3) is 27.8 Å². The number of aromatic nitrogens is 2. The fourth-order valence-corrected chi connectivity index (χ4v) is 7.00. The molecule has 1 unspecified atom stereocenters. The van der Waals surface area contributed by atoms with E-state index in [2.05, 4.69) is 104 Å². The Balaban J connectivity index is 1.54. The molecule has 0 saturated carbocycles. The number of aryl methyl sites for hydroxylation is 2. The number of fused-ring (bicyclic) bond motifs is 1. The average molecular weight is 646 g/mol. The van der Waals surface area contributed by atoms with Gasteiger partial charge in [0.15, 0.2) is 0 Å². The van der Waals surface area contributed by atoms with E-state index in [9.17, 15) is 4.79 Å². The summed E-state index contributed by atoms with van der Waals surface area (Å²) in [6.45, 7) is 15.7. The molecular weight excluding hydrogens is 590 g/mol. The predicted molar refractivity (Wildman–Crippen MR) is 201 cm³/mol. The Morgan fingerprint density at radius 1 is 0.896 bits per heavy atom. The fourth-order valence-electron chi connectivity index (χ4n) is 7.00. The lowest BCUT2D eigenvalue weighted by molar-refractivity contribution is 0.0236. The summed E-state index contributed by atoms with van der Waals surface area (Å²) in [5.41, 5.74) is 10.1. The molecule has 5 nitrogen and oxygen atoms in total. The van der Waals surface area contributed by atoms with E-state index >= 15 is 0 Å². The molecule has 0 fully saturated rings. The van der Waals surface area contributed by atoms with Gasteiger partial charge >= 0.3 is 6.09 Å². The quantitative estimate of drug-likeness (QED) is 0.131. The van der Waals surface area contributed by atoms with Crippen molar-refractivity contribution in [1.82, 2.24) is 14.5 Å². The van der Waals surface area contributed by atoms with Crippen molar-refractivity contribution in [3.05, 3.63) is 113 Å². The number of benzene rings is 3. The number of ether oxygens (including phenoxy) is 1. The summed E-state index contributed by atoms with van der Waals surface area (Å²) in [5.74, 6) is 0.703. The number of hydrogen-bond donors (Lipinski definition) is 1. The Morgan fingerprint density at radius 3 is 2.33 bits per heavy atom. The van der Waals surface area contributed by atoms with Crippen molar-refractivity contribution >= 4 is 17.0 Å². The van der Waals surface area contributed by atoms with Crippen molar-refractivity contribution < 1.29 is 9.53 Å². The molecule has 0 bridgehead atoms. The van der Waals surface area contributed by atoms with Gasteiger partial charge in [-0.1, -0.05) is 93.5 Å². The molecule has 0 aliphatic heterocycles. The number of carbonyl (C=O) groups is 1. The third kappa shape index (κ3) is 9.00. The van der Waals surface area contributed by atoms with Crippen molar-refractivity contribution in [3.63, 3.8) is 0 Å². The highest BCUT2D eigenvalue weighted by Crippen LogP contribution is 2.34. The van der Waals surface area contributed by atoms with E-state index in [1.807, 2.05) is 43.9 Å². The topological polar surface area (TPSA) is 50.3 Å². The molecule has 5 heteroatoms. The molecule has 0 aliphatic rings. The summed E-state index contributed by atoms with van der Waals surface area (Å²) in [4.78, 5) is 19.2. The molecule has 5 aromatic rings. The molecule has 0 saturated heterocycles. The maximum atomic E-state index is 13.6. The summed E-state index contributed by atoms with van der Waals surface area (Å²) < 4.78 is 8.28. The van der Waals surface area contributed by atoms with E-state index < -0.39 is 5.60 Å². The van der Waals surface area contributed by atoms with E-state index in [1.165, 1.54) is 71.1 Å². The molecule has 0 aliphatic carbocycles. The predicted octanol–water partition coefficient (Wildman–Crippen LogP) is 11.4. The van der Waals surface area contributed by atoms with Crippen LogP contribution in [-0.4, -0.2) is 32.7 Å². The smallest absolute Gasteiger partial charge is 0.410 e. The Hall–Kier alpha value is -4.25. The first-order chi connectivity index (χ1) is 23.0. The molecule has 254 valence electrons. The molecule has 1 amide bonds. The van der Waals surface area contributed by atoms with Gasteiger partial charge in [0.2, 0.25) is 0 Å². The van der Waals surface area contributed by atoms with Gasteiger partial charge in [-0.2, -0.15) is 0 Å². The number of nitrogens with zero attached hydrogens (tertiary/aromatic N) is 2. The second-order valence-corrected chi connectivity index (χ2v) is 14.6. The number of H-pyrrole nitrogens is 1. The van der Waals surface area contributed by atoms with Crippen LogP contribution in [0, 0.1) is 19.8 Å². The minimum Gasteiger partial charge on any atom is -0.444 e. The zero-order chi connectivity index (χ0) is 34.3. The molecule has 1 N–H and O–H groups in total. The van der Waals surface area contributed by atoms with Crippen molar-refractivity contribution in [2.75, 3.05) is 6.54 Å². The maximum absolute atomic E-state index is 13.6. The zero-order valence-corrected chi connectivity index (χ0v) is 30.2. The highest BCUT2D eigenvalue weighted by Gasteiger charge is 2.24. The number of carbonyl (C=O) groups excluding carboxylic acids is 1. The normalized spacial score (nSPS) is 12.4. The largest absolute Gasteiger partial charge is 0.444 e. The van der Waals surface area contributed by atoms with E-state index in [-0.39, 0.29) is 6.09 Å². The van der Waals surface area contributed by atoms with Crippen LogP contribution in [0.5, 0.6) is 0 Å². The molecule has 2 aromatic heterocycles. The molecule has 1 atom stereocenters. The fraction of sp³-hybridized carbons (Fsp3) is 0.419. The second kappa shape index (κ2) is 15.8. The summed E-state index contributed by atoms with van der Waals surface area (Å²) in [7, 11) is 0. The van der Waals surface area contributed by atoms with Crippen LogP contribution in [0.15, 0.2) is 85.1 Å². The molecule has 5 rings (SSSR count).